The molecule has 1 aromatic rings. The van der Waals surface area contributed by atoms with Crippen molar-refractivity contribution >= 4 is 11.6 Å². The second-order valence-corrected chi connectivity index (χ2v) is 4.34. The molecule has 1 unspecified atom stereocenters. The average Bonchev–Trinajstić information content (AvgIpc) is 2.39. The molecule has 3 N–H and O–H groups in total. The van der Waals surface area contributed by atoms with Crippen molar-refractivity contribution in [1.82, 2.24) is 9.97 Å². The van der Waals surface area contributed by atoms with Gasteiger partial charge in [0.15, 0.2) is 0 Å². The van der Waals surface area contributed by atoms with Crippen LogP contribution in [-0.4, -0.2) is 34.3 Å². The summed E-state index contributed by atoms with van der Waals surface area (Å²) in [7, 11) is 0. The Hall–Kier alpha value is -1.36. The third-order valence-electron chi connectivity index (χ3n) is 3.11. The van der Waals surface area contributed by atoms with E-state index in [0.717, 1.165) is 31.0 Å². The lowest BCUT2D eigenvalue weighted by atomic mass is 9.97. The fourth-order valence-corrected chi connectivity index (χ4v) is 1.94. The van der Waals surface area contributed by atoms with Gasteiger partial charge in [0.2, 0.25) is 0 Å². The summed E-state index contributed by atoms with van der Waals surface area (Å²) in [6, 6.07) is 1.85. The summed E-state index contributed by atoms with van der Waals surface area (Å²) >= 11 is 0. The molecule has 0 radical (unpaired) electrons. The molecule has 0 aliphatic carbocycles. The highest BCUT2D eigenvalue weighted by molar-refractivity contribution is 5.46. The molecule has 1 heterocycles. The van der Waals surface area contributed by atoms with Gasteiger partial charge in [-0.2, -0.15) is 0 Å². The lowest BCUT2D eigenvalue weighted by Gasteiger charge is -2.20. The summed E-state index contributed by atoms with van der Waals surface area (Å²) in [6.07, 6.45) is 3.17. The predicted octanol–water partition coefficient (Wildman–Crippen LogP) is 2.12. The van der Waals surface area contributed by atoms with Gasteiger partial charge in [-0.3, -0.25) is 0 Å². The van der Waals surface area contributed by atoms with Crippen LogP contribution in [-0.2, 0) is 0 Å². The fourth-order valence-electron chi connectivity index (χ4n) is 1.94. The van der Waals surface area contributed by atoms with Crippen LogP contribution in [0.1, 0.15) is 33.6 Å². The summed E-state index contributed by atoms with van der Waals surface area (Å²) < 4.78 is 0. The van der Waals surface area contributed by atoms with Crippen LogP contribution in [0.15, 0.2) is 12.4 Å². The Bertz CT molecular complexity index is 342. The summed E-state index contributed by atoms with van der Waals surface area (Å²) in [5, 5.41) is 16.3. The van der Waals surface area contributed by atoms with E-state index >= 15 is 0 Å². The number of nitrogens with one attached hydrogen (secondary N) is 2. The Labute approximate surface area is 109 Å². The van der Waals surface area contributed by atoms with Crippen LogP contribution in [0.4, 0.5) is 11.6 Å². The lowest BCUT2D eigenvalue weighted by Crippen LogP contribution is -2.28. The quantitative estimate of drug-likeness (QED) is 0.661. The molecule has 18 heavy (non-hydrogen) atoms. The second-order valence-electron chi connectivity index (χ2n) is 4.34. The zero-order valence-electron chi connectivity index (χ0n) is 11.5. The molecule has 0 saturated heterocycles. The van der Waals surface area contributed by atoms with Crippen molar-refractivity contribution in [2.45, 2.75) is 39.7 Å². The molecule has 0 aliphatic heterocycles. The van der Waals surface area contributed by atoms with Gasteiger partial charge >= 0.3 is 0 Å². The molecule has 0 spiro atoms. The standard InChI is InChI=1S/C13H24N4O/c1-4-10(5-2)11(18)8-15-13-7-12(14-6-3)16-9-17-13/h7,9-11,18H,4-6,8H2,1-3H3,(H2,14,15,16,17). The van der Waals surface area contributed by atoms with Crippen molar-refractivity contribution in [3.63, 3.8) is 0 Å². The lowest BCUT2D eigenvalue weighted by molar-refractivity contribution is 0.114. The van der Waals surface area contributed by atoms with E-state index < -0.39 is 0 Å². The third-order valence-corrected chi connectivity index (χ3v) is 3.11. The van der Waals surface area contributed by atoms with Crippen molar-refractivity contribution in [3.05, 3.63) is 12.4 Å². The van der Waals surface area contributed by atoms with Gasteiger partial charge in [0.05, 0.1) is 6.10 Å². The Morgan fingerprint density at radius 3 is 2.28 bits per heavy atom. The Kier molecular flexibility index (Phi) is 6.43. The van der Waals surface area contributed by atoms with Crippen molar-refractivity contribution in [1.29, 1.82) is 0 Å². The first-order chi connectivity index (χ1) is 8.71. The van der Waals surface area contributed by atoms with Crippen molar-refractivity contribution in [3.8, 4) is 0 Å². The molecule has 1 aromatic heterocycles. The fraction of sp³-hybridized carbons (Fsp3) is 0.692. The SMILES string of the molecule is CCNc1cc(NCC(O)C(CC)CC)ncn1. The Morgan fingerprint density at radius 2 is 1.72 bits per heavy atom. The molecule has 0 amide bonds. The van der Waals surface area contributed by atoms with Crippen molar-refractivity contribution in [2.75, 3.05) is 23.7 Å². The van der Waals surface area contributed by atoms with E-state index in [1.54, 1.807) is 0 Å². The highest BCUT2D eigenvalue weighted by Gasteiger charge is 2.15. The van der Waals surface area contributed by atoms with Crippen LogP contribution in [0.2, 0.25) is 0 Å². The van der Waals surface area contributed by atoms with E-state index in [4.69, 9.17) is 0 Å². The number of aliphatic hydroxyl groups excluding tert-OH is 1. The minimum atomic E-state index is -0.336. The molecule has 1 rings (SSSR count). The average molecular weight is 252 g/mol. The normalized spacial score (nSPS) is 12.5. The zero-order chi connectivity index (χ0) is 13.4. The summed E-state index contributed by atoms with van der Waals surface area (Å²) in [5.74, 6) is 1.88. The van der Waals surface area contributed by atoms with Crippen LogP contribution in [0, 0.1) is 5.92 Å². The molecule has 0 bridgehead atoms. The topological polar surface area (TPSA) is 70.1 Å². The Morgan fingerprint density at radius 1 is 1.11 bits per heavy atom. The molecular weight excluding hydrogens is 228 g/mol. The van der Waals surface area contributed by atoms with Gasteiger partial charge in [0.25, 0.3) is 0 Å². The van der Waals surface area contributed by atoms with Crippen LogP contribution < -0.4 is 10.6 Å². The maximum Gasteiger partial charge on any atom is 0.131 e. The van der Waals surface area contributed by atoms with E-state index in [0.29, 0.717) is 12.5 Å². The minimum Gasteiger partial charge on any atom is -0.391 e. The van der Waals surface area contributed by atoms with E-state index in [9.17, 15) is 5.11 Å². The van der Waals surface area contributed by atoms with Gasteiger partial charge in [-0.25, -0.2) is 9.97 Å². The Balaban J connectivity index is 2.49. The number of aliphatic hydroxyl groups is 1. The van der Waals surface area contributed by atoms with Crippen molar-refractivity contribution < 1.29 is 5.11 Å². The molecule has 0 fully saturated rings. The molecule has 0 aromatic carbocycles. The largest absolute Gasteiger partial charge is 0.391 e. The van der Waals surface area contributed by atoms with Gasteiger partial charge < -0.3 is 15.7 Å². The number of rotatable bonds is 8. The number of hydrogen-bond acceptors (Lipinski definition) is 5. The van der Waals surface area contributed by atoms with Gasteiger partial charge in [0.1, 0.15) is 18.0 Å². The van der Waals surface area contributed by atoms with Gasteiger partial charge in [-0.05, 0) is 12.8 Å². The van der Waals surface area contributed by atoms with Gasteiger partial charge in [0, 0.05) is 19.2 Å². The minimum absolute atomic E-state index is 0.336. The van der Waals surface area contributed by atoms with E-state index in [1.807, 2.05) is 13.0 Å². The van der Waals surface area contributed by atoms with Crippen LogP contribution in [0.5, 0.6) is 0 Å². The van der Waals surface area contributed by atoms with Crippen LogP contribution in [0.3, 0.4) is 0 Å². The molecule has 1 atom stereocenters. The first-order valence-electron chi connectivity index (χ1n) is 6.69. The summed E-state index contributed by atoms with van der Waals surface area (Å²) in [5.41, 5.74) is 0. The first kappa shape index (κ1) is 14.7. The third kappa shape index (κ3) is 4.49. The van der Waals surface area contributed by atoms with Crippen LogP contribution >= 0.6 is 0 Å². The molecule has 5 heteroatoms. The number of aromatic nitrogens is 2. The summed E-state index contributed by atoms with van der Waals surface area (Å²) in [4.78, 5) is 8.23. The predicted molar refractivity (Wildman–Crippen MR) is 74.8 cm³/mol. The molecule has 0 saturated carbocycles. The van der Waals surface area contributed by atoms with Gasteiger partial charge in [-0.15, -0.1) is 0 Å². The smallest absolute Gasteiger partial charge is 0.131 e. The first-order valence-corrected chi connectivity index (χ1v) is 6.69. The number of hydrogen-bond donors (Lipinski definition) is 3. The second kappa shape index (κ2) is 7.87. The zero-order valence-corrected chi connectivity index (χ0v) is 11.5. The molecular formula is C13H24N4O. The number of anilines is 2. The van der Waals surface area contributed by atoms with Crippen molar-refractivity contribution in [2.24, 2.45) is 5.92 Å². The molecule has 102 valence electrons. The van der Waals surface area contributed by atoms with Gasteiger partial charge in [-0.1, -0.05) is 26.7 Å². The van der Waals surface area contributed by atoms with E-state index in [-0.39, 0.29) is 6.10 Å². The summed E-state index contributed by atoms with van der Waals surface area (Å²) in [6.45, 7) is 7.57. The van der Waals surface area contributed by atoms with Crippen LogP contribution in [0.25, 0.3) is 0 Å². The number of nitrogens with zero attached hydrogens (tertiary/aromatic N) is 2. The maximum atomic E-state index is 10.0. The molecule has 5 nitrogen and oxygen atoms in total. The highest BCUT2D eigenvalue weighted by atomic mass is 16.3. The van der Waals surface area contributed by atoms with E-state index in [2.05, 4.69) is 34.4 Å². The molecule has 0 aliphatic rings. The highest BCUT2D eigenvalue weighted by Crippen LogP contribution is 2.14. The monoisotopic (exact) mass is 252 g/mol. The van der Waals surface area contributed by atoms with E-state index in [1.165, 1.54) is 6.33 Å². The maximum absolute atomic E-state index is 10.0.